The maximum atomic E-state index is 6.94. The van der Waals surface area contributed by atoms with Gasteiger partial charge in [-0.1, -0.05) is 24.3 Å². The summed E-state index contributed by atoms with van der Waals surface area (Å²) in [5.74, 6) is 0. The molecule has 15 heavy (non-hydrogen) atoms. The Kier molecular flexibility index (Phi) is 2.47. The summed E-state index contributed by atoms with van der Waals surface area (Å²) in [5.41, 5.74) is 3.68. The molecule has 0 radical (unpaired) electrons. The number of hydrogen-bond acceptors (Lipinski definition) is 1. The van der Waals surface area contributed by atoms with Crippen LogP contribution in [0.25, 0.3) is 16.1 Å². The van der Waals surface area contributed by atoms with Gasteiger partial charge in [0.25, 0.3) is 0 Å². The lowest BCUT2D eigenvalue weighted by atomic mass is 10.1. The minimum absolute atomic E-state index is 0.648. The van der Waals surface area contributed by atoms with E-state index in [0.717, 1.165) is 16.8 Å². The Bertz CT molecular complexity index is 507. The highest BCUT2D eigenvalue weighted by molar-refractivity contribution is 5.65. The van der Waals surface area contributed by atoms with Crippen LogP contribution in [0.15, 0.2) is 42.6 Å². The number of hydrogen-bond donors (Lipinski definition) is 0. The Morgan fingerprint density at radius 2 is 2.07 bits per heavy atom. The highest BCUT2D eigenvalue weighted by Gasteiger charge is 1.99. The minimum Gasteiger partial charge on any atom is -0.256 e. The summed E-state index contributed by atoms with van der Waals surface area (Å²) in [6.07, 6.45) is 1.83. The summed E-state index contributed by atoms with van der Waals surface area (Å²) in [6.45, 7) is 8.95. The summed E-state index contributed by atoms with van der Waals surface area (Å²) >= 11 is 0. The van der Waals surface area contributed by atoms with E-state index < -0.39 is 0 Å². The van der Waals surface area contributed by atoms with Crippen molar-refractivity contribution in [2.24, 2.45) is 0 Å². The summed E-state index contributed by atoms with van der Waals surface area (Å²) in [7, 11) is 0. The quantitative estimate of drug-likeness (QED) is 0.634. The smallest absolute Gasteiger partial charge is 0.187 e. The number of pyridine rings is 1. The Morgan fingerprint density at radius 3 is 2.73 bits per heavy atom. The molecule has 0 saturated heterocycles. The predicted molar refractivity (Wildman–Crippen MR) is 60.7 cm³/mol. The fourth-order valence-electron chi connectivity index (χ4n) is 1.37. The average molecular weight is 194 g/mol. The van der Waals surface area contributed by atoms with Crippen LogP contribution in [0.3, 0.4) is 0 Å². The number of rotatable bonds is 1. The number of benzene rings is 1. The van der Waals surface area contributed by atoms with E-state index in [4.69, 9.17) is 6.57 Å². The predicted octanol–water partition coefficient (Wildman–Crippen LogP) is 3.61. The first kappa shape index (κ1) is 9.42. The third kappa shape index (κ3) is 2.03. The maximum Gasteiger partial charge on any atom is 0.187 e. The van der Waals surface area contributed by atoms with Gasteiger partial charge in [0.05, 0.1) is 12.3 Å². The second-order valence-electron chi connectivity index (χ2n) is 3.38. The van der Waals surface area contributed by atoms with E-state index in [2.05, 4.69) is 9.83 Å². The molecule has 0 aliphatic carbocycles. The third-order valence-electron chi connectivity index (χ3n) is 2.18. The molecular weight excluding hydrogens is 184 g/mol. The topological polar surface area (TPSA) is 17.2 Å². The van der Waals surface area contributed by atoms with Gasteiger partial charge >= 0.3 is 0 Å². The van der Waals surface area contributed by atoms with Crippen molar-refractivity contribution in [3.05, 3.63) is 59.6 Å². The van der Waals surface area contributed by atoms with Gasteiger partial charge in [-0.3, -0.25) is 4.98 Å². The van der Waals surface area contributed by atoms with E-state index in [1.54, 1.807) is 6.07 Å². The largest absolute Gasteiger partial charge is 0.256 e. The molecule has 2 aromatic rings. The average Bonchev–Trinajstić information content (AvgIpc) is 2.30. The molecule has 0 unspecified atom stereocenters. The molecular formula is C13H10N2. The van der Waals surface area contributed by atoms with Crippen molar-refractivity contribution >= 4 is 5.69 Å². The SMILES string of the molecule is [C-]#[N+]c1cccc(-c2ccc(C)cn2)c1. The van der Waals surface area contributed by atoms with Crippen molar-refractivity contribution in [1.29, 1.82) is 0 Å². The van der Waals surface area contributed by atoms with E-state index in [1.165, 1.54) is 0 Å². The number of aromatic nitrogens is 1. The summed E-state index contributed by atoms with van der Waals surface area (Å²) < 4.78 is 0. The monoisotopic (exact) mass is 194 g/mol. The molecule has 2 rings (SSSR count). The van der Waals surface area contributed by atoms with Crippen LogP contribution in [0.1, 0.15) is 5.56 Å². The van der Waals surface area contributed by atoms with Crippen LogP contribution in [-0.2, 0) is 0 Å². The Labute approximate surface area is 89.0 Å². The Morgan fingerprint density at radius 1 is 1.20 bits per heavy atom. The molecule has 1 aromatic carbocycles. The minimum atomic E-state index is 0.648. The van der Waals surface area contributed by atoms with Crippen LogP contribution in [0, 0.1) is 13.5 Å². The zero-order chi connectivity index (χ0) is 10.7. The fraction of sp³-hybridized carbons (Fsp3) is 0.0769. The molecule has 0 aliphatic rings. The molecule has 0 spiro atoms. The molecule has 0 amide bonds. The van der Waals surface area contributed by atoms with Gasteiger partial charge in [0.15, 0.2) is 5.69 Å². The van der Waals surface area contributed by atoms with Gasteiger partial charge in [-0.2, -0.15) is 0 Å². The van der Waals surface area contributed by atoms with Crippen molar-refractivity contribution < 1.29 is 0 Å². The lowest BCUT2D eigenvalue weighted by Gasteiger charge is -2.01. The van der Waals surface area contributed by atoms with Crippen LogP contribution in [0.4, 0.5) is 5.69 Å². The van der Waals surface area contributed by atoms with E-state index >= 15 is 0 Å². The van der Waals surface area contributed by atoms with Crippen molar-refractivity contribution in [2.75, 3.05) is 0 Å². The molecule has 0 saturated carbocycles. The zero-order valence-electron chi connectivity index (χ0n) is 8.44. The highest BCUT2D eigenvalue weighted by atomic mass is 14.7. The van der Waals surface area contributed by atoms with E-state index in [1.807, 2.05) is 43.5 Å². The molecule has 2 heteroatoms. The second kappa shape index (κ2) is 3.93. The van der Waals surface area contributed by atoms with E-state index in [-0.39, 0.29) is 0 Å². The molecule has 2 nitrogen and oxygen atoms in total. The van der Waals surface area contributed by atoms with Gasteiger partial charge < -0.3 is 0 Å². The van der Waals surface area contributed by atoms with Crippen molar-refractivity contribution in [3.8, 4) is 11.3 Å². The molecule has 0 fully saturated rings. The van der Waals surface area contributed by atoms with Crippen molar-refractivity contribution in [1.82, 2.24) is 4.98 Å². The number of aryl methyl sites for hydroxylation is 1. The number of nitrogens with zero attached hydrogens (tertiary/aromatic N) is 2. The van der Waals surface area contributed by atoms with Crippen LogP contribution >= 0.6 is 0 Å². The van der Waals surface area contributed by atoms with E-state index in [0.29, 0.717) is 5.69 Å². The zero-order valence-corrected chi connectivity index (χ0v) is 8.44. The van der Waals surface area contributed by atoms with Crippen LogP contribution in [-0.4, -0.2) is 4.98 Å². The van der Waals surface area contributed by atoms with Gasteiger partial charge in [0.1, 0.15) is 0 Å². The maximum absolute atomic E-state index is 6.94. The molecule has 0 N–H and O–H groups in total. The van der Waals surface area contributed by atoms with Crippen LogP contribution in [0.5, 0.6) is 0 Å². The second-order valence-corrected chi connectivity index (χ2v) is 3.38. The molecule has 0 bridgehead atoms. The lowest BCUT2D eigenvalue weighted by molar-refractivity contribution is 1.27. The van der Waals surface area contributed by atoms with Gasteiger partial charge in [-0.25, -0.2) is 4.85 Å². The van der Waals surface area contributed by atoms with Crippen LogP contribution < -0.4 is 0 Å². The van der Waals surface area contributed by atoms with E-state index in [9.17, 15) is 0 Å². The molecule has 0 aliphatic heterocycles. The molecule has 1 heterocycles. The molecule has 0 atom stereocenters. The van der Waals surface area contributed by atoms with Crippen LogP contribution in [0.2, 0.25) is 0 Å². The van der Waals surface area contributed by atoms with Gasteiger partial charge in [0.2, 0.25) is 0 Å². The van der Waals surface area contributed by atoms with Crippen molar-refractivity contribution in [3.63, 3.8) is 0 Å². The summed E-state index contributed by atoms with van der Waals surface area (Å²) in [6, 6.07) is 11.5. The first-order valence-electron chi connectivity index (χ1n) is 4.70. The summed E-state index contributed by atoms with van der Waals surface area (Å²) in [5, 5.41) is 0. The standard InChI is InChI=1S/C13H10N2/c1-10-6-7-13(15-9-10)11-4-3-5-12(8-11)14-2/h3-9H,1H3. The summed E-state index contributed by atoms with van der Waals surface area (Å²) in [4.78, 5) is 7.72. The third-order valence-corrected chi connectivity index (χ3v) is 2.18. The molecule has 72 valence electrons. The van der Waals surface area contributed by atoms with Gasteiger partial charge in [-0.05, 0) is 30.2 Å². The van der Waals surface area contributed by atoms with Crippen molar-refractivity contribution in [2.45, 2.75) is 6.92 Å². The Hall–Kier alpha value is -2.14. The Balaban J connectivity index is 2.46. The first-order valence-corrected chi connectivity index (χ1v) is 4.70. The van der Waals surface area contributed by atoms with Gasteiger partial charge in [-0.15, -0.1) is 0 Å². The molecule has 1 aromatic heterocycles. The fourth-order valence-corrected chi connectivity index (χ4v) is 1.37. The van der Waals surface area contributed by atoms with Gasteiger partial charge in [0, 0.05) is 6.20 Å². The highest BCUT2D eigenvalue weighted by Crippen LogP contribution is 2.22. The lowest BCUT2D eigenvalue weighted by Crippen LogP contribution is -1.83. The normalized spacial score (nSPS) is 9.60. The first-order chi connectivity index (χ1) is 7.29.